The van der Waals surface area contributed by atoms with Crippen LogP contribution in [-0.4, -0.2) is 54.7 Å². The molecule has 0 unspecified atom stereocenters. The monoisotopic (exact) mass is 347 g/mol. The van der Waals surface area contributed by atoms with E-state index in [4.69, 9.17) is 9.47 Å². The Labute approximate surface area is 143 Å². The third-order valence-electron chi connectivity index (χ3n) is 2.25. The Hall–Kier alpha value is -2.19. The lowest BCUT2D eigenvalue weighted by Gasteiger charge is -2.28. The minimum Gasteiger partial charge on any atom is -0.453 e. The maximum Gasteiger partial charge on any atom is 0.429 e. The van der Waals surface area contributed by atoms with Gasteiger partial charge in [0, 0.05) is 13.1 Å². The van der Waals surface area contributed by atoms with E-state index in [1.54, 1.807) is 41.5 Å². The van der Waals surface area contributed by atoms with Gasteiger partial charge in [0.25, 0.3) is 0 Å². The molecule has 0 spiro atoms. The first-order chi connectivity index (χ1) is 10.8. The molecule has 0 aliphatic rings. The van der Waals surface area contributed by atoms with Crippen molar-refractivity contribution in [2.45, 2.75) is 59.2 Å². The fourth-order valence-electron chi connectivity index (χ4n) is 1.42. The average molecular weight is 347 g/mol. The van der Waals surface area contributed by atoms with Crippen molar-refractivity contribution >= 4 is 18.3 Å². The van der Waals surface area contributed by atoms with Crippen molar-refractivity contribution in [1.29, 1.82) is 0 Å². The zero-order valence-corrected chi connectivity index (χ0v) is 15.5. The molecule has 0 rings (SSSR count). The lowest BCUT2D eigenvalue weighted by molar-refractivity contribution is 0.00119. The molecular weight excluding hydrogens is 318 g/mol. The minimum absolute atomic E-state index is 0.123. The molecule has 140 valence electrons. The quantitative estimate of drug-likeness (QED) is 0.459. The Morgan fingerprint density at radius 2 is 1.46 bits per heavy atom. The molecule has 0 atom stereocenters. The maximum atomic E-state index is 12.2. The SMILES string of the molecule is COC(=O)NCCCN(NC(=O)OC(C)(C)C)C(=O)OC(C)(C)C. The standard InChI is InChI=1S/C15H29N3O6/c1-14(2,3)23-12(20)17-18(13(21)24-15(4,5)6)10-8-9-16-11(19)22-7/h8-10H2,1-7H3,(H,16,19)(H,17,20). The number of amides is 3. The second-order valence-electron chi connectivity index (χ2n) is 7.02. The second-order valence-corrected chi connectivity index (χ2v) is 7.02. The fourth-order valence-corrected chi connectivity index (χ4v) is 1.42. The number of rotatable bonds is 4. The van der Waals surface area contributed by atoms with Gasteiger partial charge >= 0.3 is 18.3 Å². The van der Waals surface area contributed by atoms with E-state index in [1.807, 2.05) is 0 Å². The van der Waals surface area contributed by atoms with Gasteiger partial charge in [0.1, 0.15) is 11.2 Å². The number of carbonyl (C=O) groups excluding carboxylic acids is 3. The lowest BCUT2D eigenvalue weighted by Crippen LogP contribution is -2.50. The van der Waals surface area contributed by atoms with Crippen LogP contribution in [0.5, 0.6) is 0 Å². The zero-order valence-electron chi connectivity index (χ0n) is 15.5. The summed E-state index contributed by atoms with van der Waals surface area (Å²) in [5.74, 6) is 0. The predicted octanol–water partition coefficient (Wildman–Crippen LogP) is 2.41. The van der Waals surface area contributed by atoms with Crippen LogP contribution in [0.1, 0.15) is 48.0 Å². The van der Waals surface area contributed by atoms with Gasteiger partial charge in [0.15, 0.2) is 0 Å². The number of hydrogen-bond acceptors (Lipinski definition) is 6. The predicted molar refractivity (Wildman–Crippen MR) is 87.3 cm³/mol. The van der Waals surface area contributed by atoms with Gasteiger partial charge in [-0.15, -0.1) is 0 Å². The highest BCUT2D eigenvalue weighted by Gasteiger charge is 2.25. The Morgan fingerprint density at radius 3 is 1.92 bits per heavy atom. The summed E-state index contributed by atoms with van der Waals surface area (Å²) < 4.78 is 14.8. The average Bonchev–Trinajstić information content (AvgIpc) is 2.37. The highest BCUT2D eigenvalue weighted by atomic mass is 16.6. The van der Waals surface area contributed by atoms with Crippen molar-refractivity contribution in [2.75, 3.05) is 20.2 Å². The summed E-state index contributed by atoms with van der Waals surface area (Å²) in [6, 6.07) is 0. The van der Waals surface area contributed by atoms with Crippen molar-refractivity contribution in [3.05, 3.63) is 0 Å². The first-order valence-corrected chi connectivity index (χ1v) is 7.66. The second kappa shape index (κ2) is 9.19. The molecule has 0 saturated heterocycles. The summed E-state index contributed by atoms with van der Waals surface area (Å²) in [6.45, 7) is 10.7. The minimum atomic E-state index is -0.769. The van der Waals surface area contributed by atoms with Crippen LogP contribution >= 0.6 is 0 Å². The van der Waals surface area contributed by atoms with E-state index in [0.29, 0.717) is 6.42 Å². The Kier molecular flexibility index (Phi) is 8.35. The van der Waals surface area contributed by atoms with Crippen LogP contribution < -0.4 is 10.7 Å². The van der Waals surface area contributed by atoms with E-state index in [2.05, 4.69) is 15.5 Å². The van der Waals surface area contributed by atoms with Crippen molar-refractivity contribution in [2.24, 2.45) is 0 Å². The smallest absolute Gasteiger partial charge is 0.429 e. The van der Waals surface area contributed by atoms with Gasteiger partial charge in [-0.2, -0.15) is 0 Å². The van der Waals surface area contributed by atoms with Crippen LogP contribution in [-0.2, 0) is 14.2 Å². The molecule has 9 nitrogen and oxygen atoms in total. The first kappa shape index (κ1) is 21.8. The van der Waals surface area contributed by atoms with E-state index in [-0.39, 0.29) is 13.1 Å². The topological polar surface area (TPSA) is 106 Å². The van der Waals surface area contributed by atoms with E-state index in [0.717, 1.165) is 5.01 Å². The molecule has 0 aliphatic carbocycles. The summed E-state index contributed by atoms with van der Waals surface area (Å²) in [7, 11) is 1.26. The van der Waals surface area contributed by atoms with E-state index < -0.39 is 29.5 Å². The molecule has 0 radical (unpaired) electrons. The van der Waals surface area contributed by atoms with Crippen LogP contribution in [0.4, 0.5) is 14.4 Å². The summed E-state index contributed by atoms with van der Waals surface area (Å²) in [6.07, 6.45) is -1.68. The van der Waals surface area contributed by atoms with Crippen molar-refractivity contribution in [3.8, 4) is 0 Å². The van der Waals surface area contributed by atoms with Crippen molar-refractivity contribution in [3.63, 3.8) is 0 Å². The fraction of sp³-hybridized carbons (Fsp3) is 0.800. The van der Waals surface area contributed by atoms with Gasteiger partial charge in [-0.1, -0.05) is 0 Å². The molecule has 24 heavy (non-hydrogen) atoms. The number of methoxy groups -OCH3 is 1. The molecule has 0 aromatic carbocycles. The molecule has 9 heteroatoms. The van der Waals surface area contributed by atoms with Gasteiger partial charge < -0.3 is 19.5 Å². The lowest BCUT2D eigenvalue weighted by atomic mass is 10.2. The van der Waals surface area contributed by atoms with Gasteiger partial charge in [-0.05, 0) is 48.0 Å². The molecule has 0 saturated carbocycles. The Balaban J connectivity index is 4.68. The molecule has 0 aromatic rings. The molecule has 0 aliphatic heterocycles. The summed E-state index contributed by atoms with van der Waals surface area (Å²) >= 11 is 0. The molecule has 0 bridgehead atoms. The van der Waals surface area contributed by atoms with Crippen LogP contribution in [0.25, 0.3) is 0 Å². The number of ether oxygens (including phenoxy) is 3. The van der Waals surface area contributed by atoms with Crippen LogP contribution in [0.15, 0.2) is 0 Å². The number of carbonyl (C=O) groups is 3. The van der Waals surface area contributed by atoms with E-state index in [9.17, 15) is 14.4 Å². The summed E-state index contributed by atoms with van der Waals surface area (Å²) in [5, 5.41) is 3.49. The van der Waals surface area contributed by atoms with Crippen molar-refractivity contribution in [1.82, 2.24) is 15.8 Å². The molecule has 3 amide bonds. The van der Waals surface area contributed by atoms with Gasteiger partial charge in [-0.25, -0.2) is 24.8 Å². The highest BCUT2D eigenvalue weighted by molar-refractivity contribution is 5.74. The summed E-state index contributed by atoms with van der Waals surface area (Å²) in [4.78, 5) is 35.0. The van der Waals surface area contributed by atoms with Crippen LogP contribution in [0, 0.1) is 0 Å². The molecular formula is C15H29N3O6. The van der Waals surface area contributed by atoms with Crippen molar-refractivity contribution < 1.29 is 28.6 Å². The van der Waals surface area contributed by atoms with Gasteiger partial charge in [-0.3, -0.25) is 0 Å². The molecule has 0 fully saturated rings. The first-order valence-electron chi connectivity index (χ1n) is 7.66. The Morgan fingerprint density at radius 1 is 0.917 bits per heavy atom. The van der Waals surface area contributed by atoms with Crippen LogP contribution in [0.2, 0.25) is 0 Å². The zero-order chi connectivity index (χ0) is 19.0. The number of nitrogens with one attached hydrogen (secondary N) is 2. The molecule has 0 heterocycles. The van der Waals surface area contributed by atoms with Crippen LogP contribution in [0.3, 0.4) is 0 Å². The third kappa shape index (κ3) is 11.4. The highest BCUT2D eigenvalue weighted by Crippen LogP contribution is 2.10. The van der Waals surface area contributed by atoms with E-state index in [1.165, 1.54) is 7.11 Å². The number of hydrogen-bond donors (Lipinski definition) is 2. The van der Waals surface area contributed by atoms with Gasteiger partial charge in [0.05, 0.1) is 7.11 Å². The molecule has 0 aromatic heterocycles. The third-order valence-corrected chi connectivity index (χ3v) is 2.25. The number of hydrazine groups is 1. The number of nitrogens with zero attached hydrogens (tertiary/aromatic N) is 1. The maximum absolute atomic E-state index is 12.2. The largest absolute Gasteiger partial charge is 0.453 e. The normalized spacial score (nSPS) is 11.3. The van der Waals surface area contributed by atoms with Gasteiger partial charge in [0.2, 0.25) is 0 Å². The number of alkyl carbamates (subject to hydrolysis) is 1. The summed E-state index contributed by atoms with van der Waals surface area (Å²) in [5.41, 5.74) is 0.940. The Bertz CT molecular complexity index is 439. The molecule has 2 N–H and O–H groups in total. The van der Waals surface area contributed by atoms with E-state index >= 15 is 0 Å².